The molecule has 0 radical (unpaired) electrons. The molecule has 3 nitrogen and oxygen atoms in total. The second-order valence-electron chi connectivity index (χ2n) is 4.77. The van der Waals surface area contributed by atoms with Gasteiger partial charge in [-0.2, -0.15) is 0 Å². The molecule has 2 rings (SSSR count). The molecule has 4 heteroatoms. The zero-order valence-electron chi connectivity index (χ0n) is 12.1. The van der Waals surface area contributed by atoms with Crippen LogP contribution in [0.2, 0.25) is 0 Å². The molecular formula is C16H22N2OS. The third kappa shape index (κ3) is 4.62. The molecule has 0 bridgehead atoms. The molecular weight excluding hydrogens is 268 g/mol. The summed E-state index contributed by atoms with van der Waals surface area (Å²) in [5.41, 5.74) is 1.29. The average molecular weight is 290 g/mol. The van der Waals surface area contributed by atoms with Gasteiger partial charge in [-0.15, -0.1) is 11.3 Å². The van der Waals surface area contributed by atoms with Gasteiger partial charge in [0, 0.05) is 30.6 Å². The fourth-order valence-electron chi connectivity index (χ4n) is 1.96. The normalized spacial score (nSPS) is 12.3. The minimum atomic E-state index is 0.343. The summed E-state index contributed by atoms with van der Waals surface area (Å²) < 4.78 is 5.59. The van der Waals surface area contributed by atoms with Crippen LogP contribution >= 0.6 is 11.3 Å². The Balaban J connectivity index is 1.78. The molecule has 1 aromatic heterocycles. The van der Waals surface area contributed by atoms with Crippen LogP contribution in [0.15, 0.2) is 35.8 Å². The summed E-state index contributed by atoms with van der Waals surface area (Å²) >= 11 is 1.71. The summed E-state index contributed by atoms with van der Waals surface area (Å²) in [7, 11) is 0. The van der Waals surface area contributed by atoms with Crippen LogP contribution in [-0.4, -0.2) is 18.1 Å². The largest absolute Gasteiger partial charge is 0.494 e. The van der Waals surface area contributed by atoms with Crippen LogP contribution in [0.5, 0.6) is 5.75 Å². The molecule has 1 atom stereocenters. The van der Waals surface area contributed by atoms with Crippen molar-refractivity contribution in [2.24, 2.45) is 0 Å². The van der Waals surface area contributed by atoms with E-state index in [1.54, 1.807) is 11.3 Å². The quantitative estimate of drug-likeness (QED) is 0.802. The highest BCUT2D eigenvalue weighted by Gasteiger charge is 2.05. The van der Waals surface area contributed by atoms with Gasteiger partial charge in [-0.25, -0.2) is 4.98 Å². The summed E-state index contributed by atoms with van der Waals surface area (Å²) in [6.45, 7) is 6.02. The fourth-order valence-corrected chi connectivity index (χ4v) is 2.58. The molecule has 0 spiro atoms. The Morgan fingerprint density at radius 3 is 2.75 bits per heavy atom. The first-order chi connectivity index (χ1) is 9.79. The van der Waals surface area contributed by atoms with Crippen LogP contribution < -0.4 is 10.1 Å². The lowest BCUT2D eigenvalue weighted by atomic mass is 10.1. The summed E-state index contributed by atoms with van der Waals surface area (Å²) in [5.74, 6) is 0.950. The number of benzene rings is 1. The number of rotatable bonds is 8. The van der Waals surface area contributed by atoms with E-state index in [-0.39, 0.29) is 0 Å². The molecule has 2 aromatic rings. The van der Waals surface area contributed by atoms with Gasteiger partial charge in [0.15, 0.2) is 0 Å². The van der Waals surface area contributed by atoms with Crippen LogP contribution in [0.3, 0.4) is 0 Å². The van der Waals surface area contributed by atoms with Gasteiger partial charge in [0.25, 0.3) is 0 Å². The number of hydrogen-bond acceptors (Lipinski definition) is 4. The maximum atomic E-state index is 5.59. The number of aromatic nitrogens is 1. The molecule has 0 aliphatic heterocycles. The maximum absolute atomic E-state index is 5.59. The smallest absolute Gasteiger partial charge is 0.119 e. The van der Waals surface area contributed by atoms with Gasteiger partial charge in [-0.3, -0.25) is 0 Å². The van der Waals surface area contributed by atoms with E-state index in [2.05, 4.69) is 36.3 Å². The lowest BCUT2D eigenvalue weighted by molar-refractivity contribution is 0.317. The molecule has 0 fully saturated rings. The molecule has 1 N–H and O–H groups in total. The molecule has 0 saturated carbocycles. The van der Waals surface area contributed by atoms with Gasteiger partial charge in [-0.05, 0) is 31.0 Å². The number of nitrogens with zero attached hydrogens (tertiary/aromatic N) is 1. The Morgan fingerprint density at radius 1 is 1.30 bits per heavy atom. The Bertz CT molecular complexity index is 482. The van der Waals surface area contributed by atoms with Gasteiger partial charge >= 0.3 is 0 Å². The molecule has 0 aliphatic rings. The minimum Gasteiger partial charge on any atom is -0.494 e. The Morgan fingerprint density at radius 2 is 2.10 bits per heavy atom. The number of thiazole rings is 1. The standard InChI is InChI=1S/C16H22N2OS/c1-3-11-19-15-6-4-14(5-7-15)13(2)17-9-8-16-18-10-12-20-16/h4-7,10,12-13,17H,3,8-9,11H2,1-2H3. The van der Waals surface area contributed by atoms with Gasteiger partial charge < -0.3 is 10.1 Å². The number of ether oxygens (including phenoxy) is 1. The van der Waals surface area contributed by atoms with Crippen molar-refractivity contribution in [1.82, 2.24) is 10.3 Å². The van der Waals surface area contributed by atoms with E-state index >= 15 is 0 Å². The first-order valence-electron chi connectivity index (χ1n) is 7.14. The zero-order valence-corrected chi connectivity index (χ0v) is 13.0. The molecule has 1 heterocycles. The molecule has 0 amide bonds. The molecule has 20 heavy (non-hydrogen) atoms. The van der Waals surface area contributed by atoms with Crippen molar-refractivity contribution in [3.8, 4) is 5.75 Å². The summed E-state index contributed by atoms with van der Waals surface area (Å²) in [6.07, 6.45) is 3.88. The van der Waals surface area contributed by atoms with E-state index in [0.29, 0.717) is 6.04 Å². The van der Waals surface area contributed by atoms with E-state index < -0.39 is 0 Å². The van der Waals surface area contributed by atoms with E-state index in [9.17, 15) is 0 Å². The molecule has 1 unspecified atom stereocenters. The Hall–Kier alpha value is -1.39. The van der Waals surface area contributed by atoms with Crippen molar-refractivity contribution in [2.75, 3.05) is 13.2 Å². The predicted octanol–water partition coefficient (Wildman–Crippen LogP) is 3.83. The van der Waals surface area contributed by atoms with Gasteiger partial charge in [0.1, 0.15) is 5.75 Å². The average Bonchev–Trinajstić information content (AvgIpc) is 2.99. The van der Waals surface area contributed by atoms with E-state index in [0.717, 1.165) is 31.7 Å². The second kappa shape index (κ2) is 8.02. The van der Waals surface area contributed by atoms with Crippen LogP contribution in [0.4, 0.5) is 0 Å². The monoisotopic (exact) mass is 290 g/mol. The van der Waals surface area contributed by atoms with Crippen molar-refractivity contribution >= 4 is 11.3 Å². The van der Waals surface area contributed by atoms with Gasteiger partial charge in [-0.1, -0.05) is 19.1 Å². The minimum absolute atomic E-state index is 0.343. The number of hydrogen-bond donors (Lipinski definition) is 1. The van der Waals surface area contributed by atoms with Crippen molar-refractivity contribution in [2.45, 2.75) is 32.7 Å². The molecule has 0 saturated heterocycles. The maximum Gasteiger partial charge on any atom is 0.119 e. The van der Waals surface area contributed by atoms with Crippen LogP contribution in [0.25, 0.3) is 0 Å². The highest BCUT2D eigenvalue weighted by Crippen LogP contribution is 2.17. The first-order valence-corrected chi connectivity index (χ1v) is 8.02. The zero-order chi connectivity index (χ0) is 14.2. The van der Waals surface area contributed by atoms with Crippen molar-refractivity contribution < 1.29 is 4.74 Å². The molecule has 108 valence electrons. The molecule has 0 aliphatic carbocycles. The Labute approximate surface area is 125 Å². The first kappa shape index (κ1) is 15.0. The predicted molar refractivity (Wildman–Crippen MR) is 84.5 cm³/mol. The van der Waals surface area contributed by atoms with E-state index in [1.165, 1.54) is 10.6 Å². The van der Waals surface area contributed by atoms with Crippen LogP contribution in [-0.2, 0) is 6.42 Å². The fraction of sp³-hybridized carbons (Fsp3) is 0.438. The highest BCUT2D eigenvalue weighted by atomic mass is 32.1. The summed E-state index contributed by atoms with van der Waals surface area (Å²) in [6, 6.07) is 8.70. The third-order valence-electron chi connectivity index (χ3n) is 3.13. The lowest BCUT2D eigenvalue weighted by Gasteiger charge is -2.14. The van der Waals surface area contributed by atoms with Crippen LogP contribution in [0, 0.1) is 0 Å². The van der Waals surface area contributed by atoms with Crippen molar-refractivity contribution in [1.29, 1.82) is 0 Å². The van der Waals surface area contributed by atoms with E-state index in [4.69, 9.17) is 4.74 Å². The lowest BCUT2D eigenvalue weighted by Crippen LogP contribution is -2.21. The highest BCUT2D eigenvalue weighted by molar-refractivity contribution is 7.09. The van der Waals surface area contributed by atoms with Gasteiger partial charge in [0.05, 0.1) is 11.6 Å². The van der Waals surface area contributed by atoms with Crippen molar-refractivity contribution in [3.63, 3.8) is 0 Å². The SMILES string of the molecule is CCCOc1ccc(C(C)NCCc2nccs2)cc1. The summed E-state index contributed by atoms with van der Waals surface area (Å²) in [4.78, 5) is 4.29. The Kier molecular flexibility index (Phi) is 6.02. The topological polar surface area (TPSA) is 34.1 Å². The van der Waals surface area contributed by atoms with Crippen LogP contribution in [0.1, 0.15) is 36.9 Å². The van der Waals surface area contributed by atoms with Gasteiger partial charge in [0.2, 0.25) is 0 Å². The third-order valence-corrected chi connectivity index (χ3v) is 3.97. The van der Waals surface area contributed by atoms with E-state index in [1.807, 2.05) is 23.7 Å². The number of nitrogens with one attached hydrogen (secondary N) is 1. The summed E-state index contributed by atoms with van der Waals surface area (Å²) in [5, 5.41) is 6.74. The molecule has 1 aromatic carbocycles. The van der Waals surface area contributed by atoms with Crippen molar-refractivity contribution in [3.05, 3.63) is 46.4 Å². The second-order valence-corrected chi connectivity index (χ2v) is 5.75.